The first kappa shape index (κ1) is 19.2. The summed E-state index contributed by atoms with van der Waals surface area (Å²) < 4.78 is 1.83. The van der Waals surface area contributed by atoms with Crippen molar-refractivity contribution >= 4 is 36.4 Å². The molecule has 0 bridgehead atoms. The highest BCUT2D eigenvalue weighted by molar-refractivity contribution is 5.85. The van der Waals surface area contributed by atoms with E-state index >= 15 is 0 Å². The van der Waals surface area contributed by atoms with Crippen molar-refractivity contribution in [2.45, 2.75) is 51.0 Å². The Hall–Kier alpha value is -1.11. The molecule has 0 radical (unpaired) electrons. The zero-order valence-corrected chi connectivity index (χ0v) is 15.7. The van der Waals surface area contributed by atoms with E-state index < -0.39 is 0 Å². The first-order valence-electron chi connectivity index (χ1n) is 8.51. The molecule has 1 aliphatic carbocycles. The third-order valence-corrected chi connectivity index (χ3v) is 4.87. The molecule has 1 atom stereocenters. The summed E-state index contributed by atoms with van der Waals surface area (Å²) >= 11 is 0. The summed E-state index contributed by atoms with van der Waals surface area (Å²) in [7, 11) is 0. The largest absolute Gasteiger partial charge is 0.354 e. The number of rotatable bonds is 2. The Balaban J connectivity index is 0.00000104. The standard InChI is InChI=1S/C16H24N6.2ClH/c1-12-11-21(10-8-17-12)14-7-9-22-16(18-14)19-15(20-22)13-5-3-2-4-6-13;;/h7,9,12-13,17H,2-6,8,10-11H2,1H3;2*1H. The van der Waals surface area contributed by atoms with E-state index in [1.54, 1.807) is 0 Å². The Morgan fingerprint density at radius 3 is 2.67 bits per heavy atom. The minimum Gasteiger partial charge on any atom is -0.354 e. The zero-order valence-electron chi connectivity index (χ0n) is 14.0. The highest BCUT2D eigenvalue weighted by Crippen LogP contribution is 2.30. The number of halogens is 2. The van der Waals surface area contributed by atoms with E-state index in [0.717, 1.165) is 37.1 Å². The van der Waals surface area contributed by atoms with Gasteiger partial charge in [0.25, 0.3) is 5.78 Å². The van der Waals surface area contributed by atoms with E-state index in [2.05, 4.69) is 28.3 Å². The molecule has 134 valence electrons. The number of nitrogens with one attached hydrogen (secondary N) is 1. The summed E-state index contributed by atoms with van der Waals surface area (Å²) in [5.74, 6) is 3.27. The minimum absolute atomic E-state index is 0. The van der Waals surface area contributed by atoms with Crippen LogP contribution in [0.15, 0.2) is 12.3 Å². The van der Waals surface area contributed by atoms with E-state index in [0.29, 0.717) is 12.0 Å². The molecule has 6 nitrogen and oxygen atoms in total. The van der Waals surface area contributed by atoms with Gasteiger partial charge in [-0.2, -0.15) is 9.97 Å². The number of hydrogen-bond donors (Lipinski definition) is 1. The van der Waals surface area contributed by atoms with Crippen molar-refractivity contribution in [2.75, 3.05) is 24.5 Å². The first-order chi connectivity index (χ1) is 10.8. The maximum absolute atomic E-state index is 4.74. The maximum atomic E-state index is 4.74. The Kier molecular flexibility index (Phi) is 6.66. The van der Waals surface area contributed by atoms with Gasteiger partial charge in [0.1, 0.15) is 5.82 Å². The number of aromatic nitrogens is 4. The third-order valence-electron chi connectivity index (χ3n) is 4.87. The van der Waals surface area contributed by atoms with E-state index in [4.69, 9.17) is 9.97 Å². The number of nitrogens with zero attached hydrogens (tertiary/aromatic N) is 5. The predicted molar refractivity (Wildman–Crippen MR) is 101 cm³/mol. The number of piperazine rings is 1. The molecule has 0 amide bonds. The van der Waals surface area contributed by atoms with Crippen LogP contribution in [0.2, 0.25) is 0 Å². The molecular weight excluding hydrogens is 347 g/mol. The van der Waals surface area contributed by atoms with Gasteiger partial charge in [-0.15, -0.1) is 29.9 Å². The number of anilines is 1. The van der Waals surface area contributed by atoms with Crippen molar-refractivity contribution in [1.29, 1.82) is 0 Å². The van der Waals surface area contributed by atoms with Crippen LogP contribution in [0, 0.1) is 0 Å². The Morgan fingerprint density at radius 1 is 1.12 bits per heavy atom. The molecule has 1 saturated carbocycles. The second kappa shape index (κ2) is 8.32. The molecular formula is C16H26Cl2N6. The molecule has 24 heavy (non-hydrogen) atoms. The molecule has 8 heteroatoms. The average Bonchev–Trinajstić information content (AvgIpc) is 2.99. The molecule has 0 aromatic carbocycles. The van der Waals surface area contributed by atoms with E-state index in [9.17, 15) is 0 Å². The molecule has 2 fully saturated rings. The van der Waals surface area contributed by atoms with Gasteiger partial charge >= 0.3 is 0 Å². The number of fused-ring (bicyclic) bond motifs is 1. The second-order valence-corrected chi connectivity index (χ2v) is 6.64. The van der Waals surface area contributed by atoms with Crippen LogP contribution in [0.1, 0.15) is 50.8 Å². The lowest BCUT2D eigenvalue weighted by molar-refractivity contribution is 0.429. The summed E-state index contributed by atoms with van der Waals surface area (Å²) in [6.07, 6.45) is 8.41. The van der Waals surface area contributed by atoms with Gasteiger partial charge in [0.15, 0.2) is 5.82 Å². The molecule has 4 rings (SSSR count). The van der Waals surface area contributed by atoms with Crippen LogP contribution >= 0.6 is 24.8 Å². The Morgan fingerprint density at radius 2 is 1.92 bits per heavy atom. The van der Waals surface area contributed by atoms with Gasteiger partial charge in [-0.05, 0) is 25.8 Å². The van der Waals surface area contributed by atoms with Gasteiger partial charge in [0, 0.05) is 37.8 Å². The molecule has 1 saturated heterocycles. The molecule has 1 N–H and O–H groups in total. The maximum Gasteiger partial charge on any atom is 0.254 e. The van der Waals surface area contributed by atoms with E-state index in [1.807, 2.05) is 10.7 Å². The van der Waals surface area contributed by atoms with E-state index in [1.165, 1.54) is 32.1 Å². The zero-order chi connectivity index (χ0) is 14.9. The molecule has 1 aliphatic heterocycles. The van der Waals surface area contributed by atoms with Gasteiger partial charge in [-0.25, -0.2) is 4.52 Å². The normalized spacial score (nSPS) is 22.0. The fourth-order valence-corrected chi connectivity index (χ4v) is 3.63. The number of hydrogen-bond acceptors (Lipinski definition) is 5. The van der Waals surface area contributed by atoms with Crippen LogP contribution in [0.5, 0.6) is 0 Å². The molecule has 2 aromatic heterocycles. The lowest BCUT2D eigenvalue weighted by Crippen LogP contribution is -2.49. The van der Waals surface area contributed by atoms with Crippen LogP contribution in [-0.4, -0.2) is 45.3 Å². The monoisotopic (exact) mass is 372 g/mol. The molecule has 1 unspecified atom stereocenters. The van der Waals surface area contributed by atoms with Crippen molar-refractivity contribution in [3.63, 3.8) is 0 Å². The van der Waals surface area contributed by atoms with Crippen molar-refractivity contribution < 1.29 is 0 Å². The van der Waals surface area contributed by atoms with Gasteiger partial charge in [-0.3, -0.25) is 0 Å². The van der Waals surface area contributed by atoms with Crippen LogP contribution in [0.3, 0.4) is 0 Å². The molecule has 2 aromatic rings. The summed E-state index contributed by atoms with van der Waals surface area (Å²) in [5.41, 5.74) is 0. The van der Waals surface area contributed by atoms with Crippen LogP contribution in [0.4, 0.5) is 5.82 Å². The fourth-order valence-electron chi connectivity index (χ4n) is 3.63. The lowest BCUT2D eigenvalue weighted by atomic mass is 9.89. The summed E-state index contributed by atoms with van der Waals surface area (Å²) in [6, 6.07) is 2.56. The van der Waals surface area contributed by atoms with Crippen molar-refractivity contribution in [2.24, 2.45) is 0 Å². The van der Waals surface area contributed by atoms with Crippen LogP contribution < -0.4 is 10.2 Å². The van der Waals surface area contributed by atoms with Gasteiger partial charge < -0.3 is 10.2 Å². The average molecular weight is 373 g/mol. The van der Waals surface area contributed by atoms with Crippen molar-refractivity contribution in [1.82, 2.24) is 24.9 Å². The van der Waals surface area contributed by atoms with E-state index in [-0.39, 0.29) is 24.8 Å². The summed E-state index contributed by atoms with van der Waals surface area (Å²) in [4.78, 5) is 11.8. The van der Waals surface area contributed by atoms with Crippen LogP contribution in [0.25, 0.3) is 5.78 Å². The highest BCUT2D eigenvalue weighted by Gasteiger charge is 2.21. The minimum atomic E-state index is 0. The second-order valence-electron chi connectivity index (χ2n) is 6.64. The topological polar surface area (TPSA) is 58.4 Å². The van der Waals surface area contributed by atoms with Crippen molar-refractivity contribution in [3.05, 3.63) is 18.1 Å². The SMILES string of the molecule is CC1CN(c2ccn3nc(C4CCCCC4)nc3n2)CCN1.Cl.Cl. The highest BCUT2D eigenvalue weighted by atomic mass is 35.5. The summed E-state index contributed by atoms with van der Waals surface area (Å²) in [6.45, 7) is 5.21. The molecule has 2 aliphatic rings. The van der Waals surface area contributed by atoms with Gasteiger partial charge in [0.05, 0.1) is 0 Å². The molecule has 0 spiro atoms. The predicted octanol–water partition coefficient (Wildman–Crippen LogP) is 2.81. The quantitative estimate of drug-likeness (QED) is 0.877. The first-order valence-corrected chi connectivity index (χ1v) is 8.51. The fraction of sp³-hybridized carbons (Fsp3) is 0.688. The Labute approximate surface area is 155 Å². The lowest BCUT2D eigenvalue weighted by Gasteiger charge is -2.32. The summed E-state index contributed by atoms with van der Waals surface area (Å²) in [5, 5.41) is 8.11. The van der Waals surface area contributed by atoms with Gasteiger partial charge in [-0.1, -0.05) is 19.3 Å². The smallest absolute Gasteiger partial charge is 0.254 e. The third kappa shape index (κ3) is 3.92. The van der Waals surface area contributed by atoms with Crippen molar-refractivity contribution in [3.8, 4) is 0 Å². The van der Waals surface area contributed by atoms with Crippen LogP contribution in [-0.2, 0) is 0 Å². The molecule has 3 heterocycles. The Bertz CT molecular complexity index is 655. The van der Waals surface area contributed by atoms with Gasteiger partial charge in [0.2, 0.25) is 0 Å².